The van der Waals surface area contributed by atoms with Crippen LogP contribution in [0, 0.1) is 0 Å². The third kappa shape index (κ3) is 3.89. The molecular weight excluding hydrogens is 384 g/mol. The Morgan fingerprint density at radius 1 is 0.966 bits per heavy atom. The fourth-order valence-electron chi connectivity index (χ4n) is 4.41. The zero-order valence-electron chi connectivity index (χ0n) is 16.4. The van der Waals surface area contributed by atoms with Crippen molar-refractivity contribution in [1.82, 2.24) is 19.7 Å². The Bertz CT molecular complexity index is 977. The molecule has 2 aromatic carbocycles. The summed E-state index contributed by atoms with van der Waals surface area (Å²) in [5.41, 5.74) is 2.39. The summed E-state index contributed by atoms with van der Waals surface area (Å²) in [5, 5.41) is 9.96. The third-order valence-corrected chi connectivity index (χ3v) is 6.31. The average Bonchev–Trinajstić information content (AvgIpc) is 3.09. The first kappa shape index (κ1) is 18.6. The SMILES string of the molecule is Clc1ccc(CCN2CCC(c3nnc4n3CCOc3ccccc3-4)CC2)cc1. The molecule has 1 aromatic heterocycles. The molecule has 3 aromatic rings. The van der Waals surface area contributed by atoms with E-state index >= 15 is 0 Å². The quantitative estimate of drug-likeness (QED) is 0.641. The van der Waals surface area contributed by atoms with Gasteiger partial charge < -0.3 is 14.2 Å². The lowest BCUT2D eigenvalue weighted by Crippen LogP contribution is -2.35. The van der Waals surface area contributed by atoms with Gasteiger partial charge in [-0.1, -0.05) is 35.9 Å². The molecule has 1 saturated heterocycles. The van der Waals surface area contributed by atoms with Crippen LogP contribution in [0.3, 0.4) is 0 Å². The second kappa shape index (κ2) is 8.17. The number of aromatic nitrogens is 3. The molecular formula is C23H25ClN4O. The van der Waals surface area contributed by atoms with Crippen molar-refractivity contribution in [2.24, 2.45) is 0 Å². The molecule has 2 aliphatic heterocycles. The standard InChI is InChI=1S/C23H25ClN4O/c24-19-7-5-17(6-8-19)9-12-27-13-10-18(11-14-27)22-25-26-23-20-3-1-2-4-21(20)29-16-15-28(22)23/h1-8,18H,9-16H2. The van der Waals surface area contributed by atoms with Crippen molar-refractivity contribution >= 4 is 11.6 Å². The maximum Gasteiger partial charge on any atom is 0.167 e. The highest BCUT2D eigenvalue weighted by Gasteiger charge is 2.28. The molecule has 0 saturated carbocycles. The van der Waals surface area contributed by atoms with Gasteiger partial charge in [-0.15, -0.1) is 10.2 Å². The number of likely N-dealkylation sites (tertiary alicyclic amines) is 1. The fourth-order valence-corrected chi connectivity index (χ4v) is 4.54. The maximum absolute atomic E-state index is 5.98. The minimum atomic E-state index is 0.466. The van der Waals surface area contributed by atoms with Crippen LogP contribution >= 0.6 is 11.6 Å². The lowest BCUT2D eigenvalue weighted by Gasteiger charge is -2.31. The van der Waals surface area contributed by atoms with Gasteiger partial charge in [-0.3, -0.25) is 0 Å². The van der Waals surface area contributed by atoms with E-state index in [0.717, 1.165) is 73.4 Å². The Balaban J connectivity index is 1.24. The highest BCUT2D eigenvalue weighted by Crippen LogP contribution is 2.34. The zero-order chi connectivity index (χ0) is 19.6. The fraction of sp³-hybridized carbons (Fsp3) is 0.391. The molecule has 150 valence electrons. The second-order valence-corrected chi connectivity index (χ2v) is 8.31. The molecule has 0 spiro atoms. The molecule has 0 amide bonds. The van der Waals surface area contributed by atoms with Gasteiger partial charge in [0.25, 0.3) is 0 Å². The van der Waals surface area contributed by atoms with E-state index in [2.05, 4.69) is 37.9 Å². The number of rotatable bonds is 4. The molecule has 3 heterocycles. The average molecular weight is 409 g/mol. The normalized spacial score (nSPS) is 17.3. The Labute approximate surface area is 176 Å². The molecule has 0 radical (unpaired) electrons. The van der Waals surface area contributed by atoms with Crippen LogP contribution in [-0.4, -0.2) is 45.9 Å². The van der Waals surface area contributed by atoms with E-state index < -0.39 is 0 Å². The lowest BCUT2D eigenvalue weighted by molar-refractivity contribution is 0.208. The maximum atomic E-state index is 5.98. The number of para-hydroxylation sites is 1. The topological polar surface area (TPSA) is 43.2 Å². The molecule has 29 heavy (non-hydrogen) atoms. The van der Waals surface area contributed by atoms with E-state index in [0.29, 0.717) is 12.5 Å². The van der Waals surface area contributed by atoms with Crippen LogP contribution in [0.15, 0.2) is 48.5 Å². The number of fused-ring (bicyclic) bond motifs is 3. The summed E-state index contributed by atoms with van der Waals surface area (Å²) in [7, 11) is 0. The van der Waals surface area contributed by atoms with Crippen molar-refractivity contribution in [2.45, 2.75) is 31.7 Å². The highest BCUT2D eigenvalue weighted by molar-refractivity contribution is 6.30. The predicted octanol–water partition coefficient (Wildman–Crippen LogP) is 4.41. The molecule has 0 N–H and O–H groups in total. The van der Waals surface area contributed by atoms with Crippen molar-refractivity contribution in [3.8, 4) is 17.1 Å². The lowest BCUT2D eigenvalue weighted by atomic mass is 9.95. The second-order valence-electron chi connectivity index (χ2n) is 7.87. The summed E-state index contributed by atoms with van der Waals surface area (Å²) in [5.74, 6) is 3.44. The minimum Gasteiger partial charge on any atom is -0.491 e. The minimum absolute atomic E-state index is 0.466. The zero-order valence-corrected chi connectivity index (χ0v) is 17.2. The van der Waals surface area contributed by atoms with Crippen LogP contribution in [0.5, 0.6) is 5.75 Å². The van der Waals surface area contributed by atoms with Gasteiger partial charge in [-0.2, -0.15) is 0 Å². The molecule has 6 heteroatoms. The van der Waals surface area contributed by atoms with E-state index in [1.165, 1.54) is 5.56 Å². The number of benzene rings is 2. The number of hydrogen-bond donors (Lipinski definition) is 0. The largest absolute Gasteiger partial charge is 0.491 e. The molecule has 0 atom stereocenters. The third-order valence-electron chi connectivity index (χ3n) is 6.06. The summed E-state index contributed by atoms with van der Waals surface area (Å²) in [6.07, 6.45) is 3.32. The number of piperidine rings is 1. The van der Waals surface area contributed by atoms with Crippen molar-refractivity contribution in [3.63, 3.8) is 0 Å². The Kier molecular flexibility index (Phi) is 5.25. The van der Waals surface area contributed by atoms with Crippen molar-refractivity contribution in [3.05, 3.63) is 64.9 Å². The van der Waals surface area contributed by atoms with Gasteiger partial charge in [-0.25, -0.2) is 0 Å². The smallest absolute Gasteiger partial charge is 0.167 e. The summed E-state index contributed by atoms with van der Waals surface area (Å²) in [4.78, 5) is 2.56. The van der Waals surface area contributed by atoms with E-state index in [1.54, 1.807) is 0 Å². The predicted molar refractivity (Wildman–Crippen MR) is 115 cm³/mol. The summed E-state index contributed by atoms with van der Waals surface area (Å²) < 4.78 is 8.20. The van der Waals surface area contributed by atoms with Gasteiger partial charge in [0.2, 0.25) is 0 Å². The van der Waals surface area contributed by atoms with Gasteiger partial charge >= 0.3 is 0 Å². The molecule has 1 fully saturated rings. The van der Waals surface area contributed by atoms with E-state index in [1.807, 2.05) is 30.3 Å². The Morgan fingerprint density at radius 3 is 2.59 bits per heavy atom. The monoisotopic (exact) mass is 408 g/mol. The van der Waals surface area contributed by atoms with Gasteiger partial charge in [0.15, 0.2) is 5.82 Å². The summed E-state index contributed by atoms with van der Waals surface area (Å²) in [6.45, 7) is 4.77. The van der Waals surface area contributed by atoms with Crippen LogP contribution in [-0.2, 0) is 13.0 Å². The van der Waals surface area contributed by atoms with Crippen molar-refractivity contribution < 1.29 is 4.74 Å². The van der Waals surface area contributed by atoms with Crippen LogP contribution in [0.1, 0.15) is 30.1 Å². The number of hydrogen-bond acceptors (Lipinski definition) is 4. The number of halogens is 1. The van der Waals surface area contributed by atoms with Crippen molar-refractivity contribution in [2.75, 3.05) is 26.2 Å². The molecule has 5 rings (SSSR count). The van der Waals surface area contributed by atoms with Gasteiger partial charge in [0.1, 0.15) is 18.2 Å². The van der Waals surface area contributed by atoms with Crippen LogP contribution in [0.2, 0.25) is 5.02 Å². The van der Waals surface area contributed by atoms with E-state index in [4.69, 9.17) is 16.3 Å². The molecule has 0 aliphatic carbocycles. The first-order valence-electron chi connectivity index (χ1n) is 10.4. The Hall–Kier alpha value is -2.37. The molecule has 2 aliphatic rings. The first-order chi connectivity index (χ1) is 14.3. The van der Waals surface area contributed by atoms with Gasteiger partial charge in [0, 0.05) is 17.5 Å². The Morgan fingerprint density at radius 2 is 1.76 bits per heavy atom. The van der Waals surface area contributed by atoms with Crippen LogP contribution < -0.4 is 4.74 Å². The number of nitrogens with zero attached hydrogens (tertiary/aromatic N) is 4. The molecule has 0 bridgehead atoms. The highest BCUT2D eigenvalue weighted by atomic mass is 35.5. The first-order valence-corrected chi connectivity index (χ1v) is 10.8. The summed E-state index contributed by atoms with van der Waals surface area (Å²) >= 11 is 5.98. The van der Waals surface area contributed by atoms with E-state index in [9.17, 15) is 0 Å². The van der Waals surface area contributed by atoms with Crippen LogP contribution in [0.4, 0.5) is 0 Å². The molecule has 5 nitrogen and oxygen atoms in total. The summed E-state index contributed by atoms with van der Waals surface area (Å²) in [6, 6.07) is 16.3. The van der Waals surface area contributed by atoms with E-state index in [-0.39, 0.29) is 0 Å². The number of ether oxygens (including phenoxy) is 1. The van der Waals surface area contributed by atoms with Gasteiger partial charge in [0.05, 0.1) is 12.1 Å². The van der Waals surface area contributed by atoms with Crippen molar-refractivity contribution in [1.29, 1.82) is 0 Å². The van der Waals surface area contributed by atoms with Crippen LogP contribution in [0.25, 0.3) is 11.4 Å². The van der Waals surface area contributed by atoms with Gasteiger partial charge in [-0.05, 0) is 62.2 Å². The molecule has 0 unspecified atom stereocenters.